The van der Waals surface area contributed by atoms with E-state index in [-0.39, 0.29) is 5.91 Å². The molecule has 0 bridgehead atoms. The predicted octanol–water partition coefficient (Wildman–Crippen LogP) is 3.14. The van der Waals surface area contributed by atoms with Gasteiger partial charge in [0.1, 0.15) is 5.75 Å². The number of halogens is 1. The van der Waals surface area contributed by atoms with Gasteiger partial charge in [-0.1, -0.05) is 13.0 Å². The Hall–Kier alpha value is -1.03. The van der Waals surface area contributed by atoms with Crippen LogP contribution in [0.25, 0.3) is 0 Å². The molecule has 0 aliphatic heterocycles. The van der Waals surface area contributed by atoms with E-state index in [1.807, 2.05) is 24.3 Å². The first-order valence-corrected chi connectivity index (χ1v) is 5.55. The lowest BCUT2D eigenvalue weighted by atomic mass is 10.3. The number of benzene rings is 1. The lowest BCUT2D eigenvalue weighted by molar-refractivity contribution is -0.115. The molecule has 0 fully saturated rings. The maximum atomic E-state index is 11.1. The molecule has 0 atom stereocenters. The second-order valence-corrected chi connectivity index (χ2v) is 3.85. The highest BCUT2D eigenvalue weighted by molar-refractivity contribution is 9.10. The molecule has 0 saturated heterocycles. The van der Waals surface area contributed by atoms with Crippen LogP contribution in [-0.2, 0) is 4.79 Å². The minimum Gasteiger partial charge on any atom is -0.494 e. The van der Waals surface area contributed by atoms with Crippen LogP contribution < -0.4 is 8.66 Å². The number of nitrogens with zero attached hydrogens (tertiary/aromatic N) is 1. The molecule has 1 rings (SSSR count). The fraction of sp³-hybridized carbons (Fsp3) is 0.364. The van der Waals surface area contributed by atoms with Gasteiger partial charge in [-0.25, -0.2) is 3.93 Å². The van der Waals surface area contributed by atoms with Crippen molar-refractivity contribution in [1.82, 2.24) is 0 Å². The zero-order valence-corrected chi connectivity index (χ0v) is 10.5. The number of carbonyl (C=O) groups excluding carboxylic acids is 1. The van der Waals surface area contributed by atoms with Gasteiger partial charge in [0.2, 0.25) is 5.91 Å². The molecule has 3 nitrogen and oxygen atoms in total. The Kier molecular flexibility index (Phi) is 4.62. The average Bonchev–Trinajstić information content (AvgIpc) is 2.25. The lowest BCUT2D eigenvalue weighted by Gasteiger charge is -2.13. The van der Waals surface area contributed by atoms with E-state index < -0.39 is 0 Å². The lowest BCUT2D eigenvalue weighted by Crippen LogP contribution is -2.15. The first-order chi connectivity index (χ1) is 7.15. The van der Waals surface area contributed by atoms with Crippen molar-refractivity contribution < 1.29 is 9.53 Å². The van der Waals surface area contributed by atoms with Crippen molar-refractivity contribution in [2.75, 3.05) is 10.5 Å². The molecule has 4 heteroatoms. The first kappa shape index (κ1) is 12.0. The van der Waals surface area contributed by atoms with Gasteiger partial charge in [-0.15, -0.1) is 0 Å². The van der Waals surface area contributed by atoms with Gasteiger partial charge in [-0.3, -0.25) is 4.79 Å². The van der Waals surface area contributed by atoms with E-state index in [2.05, 4.69) is 23.1 Å². The Labute approximate surface area is 98.4 Å². The fourth-order valence-electron chi connectivity index (χ4n) is 1.10. The van der Waals surface area contributed by atoms with Crippen LogP contribution in [0.4, 0.5) is 5.69 Å². The maximum absolute atomic E-state index is 11.1. The van der Waals surface area contributed by atoms with Crippen LogP contribution in [-0.4, -0.2) is 12.5 Å². The summed E-state index contributed by atoms with van der Waals surface area (Å²) in [6.07, 6.45) is 0.967. The number of rotatable bonds is 4. The summed E-state index contributed by atoms with van der Waals surface area (Å²) in [6, 6.07) is 7.40. The van der Waals surface area contributed by atoms with Crippen LogP contribution in [0.15, 0.2) is 24.3 Å². The SMILES string of the molecule is CCCOc1cccc(N(Br)C(C)=O)c1. The van der Waals surface area contributed by atoms with Gasteiger partial charge in [0.05, 0.1) is 28.4 Å². The Morgan fingerprint density at radius 1 is 1.53 bits per heavy atom. The quantitative estimate of drug-likeness (QED) is 0.788. The van der Waals surface area contributed by atoms with Crippen molar-refractivity contribution in [1.29, 1.82) is 0 Å². The highest BCUT2D eigenvalue weighted by atomic mass is 79.9. The topological polar surface area (TPSA) is 29.5 Å². The average molecular weight is 272 g/mol. The minimum atomic E-state index is -0.0670. The number of ether oxygens (including phenoxy) is 1. The first-order valence-electron chi connectivity index (χ1n) is 4.84. The number of amides is 1. The van der Waals surface area contributed by atoms with Crippen molar-refractivity contribution in [2.45, 2.75) is 20.3 Å². The van der Waals surface area contributed by atoms with Crippen LogP contribution in [0.1, 0.15) is 20.3 Å². The third-order valence-corrected chi connectivity index (χ3v) is 2.70. The number of hydrogen-bond donors (Lipinski definition) is 0. The molecule has 0 aliphatic carbocycles. The van der Waals surface area contributed by atoms with Crippen molar-refractivity contribution in [3.8, 4) is 5.75 Å². The summed E-state index contributed by atoms with van der Waals surface area (Å²) in [6.45, 7) is 4.23. The Morgan fingerprint density at radius 2 is 2.27 bits per heavy atom. The van der Waals surface area contributed by atoms with E-state index in [4.69, 9.17) is 4.74 Å². The molecular weight excluding hydrogens is 258 g/mol. The van der Waals surface area contributed by atoms with Gasteiger partial charge in [0, 0.05) is 13.0 Å². The molecule has 0 spiro atoms. The number of anilines is 1. The van der Waals surface area contributed by atoms with Gasteiger partial charge in [-0.2, -0.15) is 0 Å². The molecule has 0 aromatic heterocycles. The number of carbonyl (C=O) groups is 1. The van der Waals surface area contributed by atoms with E-state index >= 15 is 0 Å². The summed E-state index contributed by atoms with van der Waals surface area (Å²) >= 11 is 3.18. The maximum Gasteiger partial charge on any atom is 0.233 e. The summed E-state index contributed by atoms with van der Waals surface area (Å²) in [5, 5.41) is 0. The van der Waals surface area contributed by atoms with Crippen LogP contribution >= 0.6 is 16.1 Å². The molecule has 15 heavy (non-hydrogen) atoms. The second kappa shape index (κ2) is 5.75. The van der Waals surface area contributed by atoms with E-state index in [1.165, 1.54) is 10.8 Å². The summed E-state index contributed by atoms with van der Waals surface area (Å²) in [4.78, 5) is 11.1. The monoisotopic (exact) mass is 271 g/mol. The molecule has 0 heterocycles. The Morgan fingerprint density at radius 3 is 2.87 bits per heavy atom. The third-order valence-electron chi connectivity index (χ3n) is 1.79. The number of hydrogen-bond acceptors (Lipinski definition) is 2. The second-order valence-electron chi connectivity index (χ2n) is 3.15. The van der Waals surface area contributed by atoms with Gasteiger partial charge in [0.15, 0.2) is 0 Å². The molecule has 82 valence electrons. The highest BCUT2D eigenvalue weighted by Gasteiger charge is 2.07. The van der Waals surface area contributed by atoms with E-state index in [0.29, 0.717) is 6.61 Å². The molecular formula is C11H14BrNO2. The zero-order valence-electron chi connectivity index (χ0n) is 8.87. The molecule has 1 aromatic rings. The molecule has 0 aliphatic rings. The van der Waals surface area contributed by atoms with Crippen molar-refractivity contribution in [2.24, 2.45) is 0 Å². The third kappa shape index (κ3) is 3.55. The Balaban J connectivity index is 2.77. The fourth-order valence-corrected chi connectivity index (χ4v) is 1.32. The summed E-state index contributed by atoms with van der Waals surface area (Å²) in [7, 11) is 0. The van der Waals surface area contributed by atoms with Crippen molar-refractivity contribution in [3.05, 3.63) is 24.3 Å². The molecule has 0 unspecified atom stereocenters. The largest absolute Gasteiger partial charge is 0.494 e. The molecule has 1 amide bonds. The van der Waals surface area contributed by atoms with Crippen LogP contribution in [0.2, 0.25) is 0 Å². The van der Waals surface area contributed by atoms with Gasteiger partial charge < -0.3 is 4.74 Å². The van der Waals surface area contributed by atoms with Gasteiger partial charge in [-0.05, 0) is 18.6 Å². The molecule has 0 saturated carbocycles. The van der Waals surface area contributed by atoms with Crippen molar-refractivity contribution in [3.63, 3.8) is 0 Å². The van der Waals surface area contributed by atoms with Crippen LogP contribution in [0, 0.1) is 0 Å². The Bertz CT molecular complexity index is 341. The molecule has 0 N–H and O–H groups in total. The summed E-state index contributed by atoms with van der Waals surface area (Å²) < 4.78 is 6.88. The van der Waals surface area contributed by atoms with Gasteiger partial charge >= 0.3 is 0 Å². The van der Waals surface area contributed by atoms with E-state index in [0.717, 1.165) is 17.9 Å². The molecule has 1 aromatic carbocycles. The standard InChI is InChI=1S/C11H14BrNO2/c1-3-7-15-11-6-4-5-10(8-11)13(12)9(2)14/h4-6,8H,3,7H2,1-2H3. The zero-order chi connectivity index (χ0) is 11.3. The van der Waals surface area contributed by atoms with Crippen LogP contribution in [0.3, 0.4) is 0 Å². The summed E-state index contributed by atoms with van der Waals surface area (Å²) in [5.74, 6) is 0.711. The highest BCUT2D eigenvalue weighted by Crippen LogP contribution is 2.23. The van der Waals surface area contributed by atoms with E-state index in [1.54, 1.807) is 0 Å². The van der Waals surface area contributed by atoms with Crippen LogP contribution in [0.5, 0.6) is 5.75 Å². The normalized spacial score (nSPS) is 9.80. The van der Waals surface area contributed by atoms with E-state index in [9.17, 15) is 4.79 Å². The van der Waals surface area contributed by atoms with Crippen molar-refractivity contribution >= 4 is 27.7 Å². The van der Waals surface area contributed by atoms with Gasteiger partial charge in [0.25, 0.3) is 0 Å². The minimum absolute atomic E-state index is 0.0670. The molecule has 0 radical (unpaired) electrons. The summed E-state index contributed by atoms with van der Waals surface area (Å²) in [5.41, 5.74) is 0.774. The predicted molar refractivity (Wildman–Crippen MR) is 64.3 cm³/mol. The smallest absolute Gasteiger partial charge is 0.233 e.